The Bertz CT molecular complexity index is 1020. The Balaban J connectivity index is 1.72. The Morgan fingerprint density at radius 1 is 1.32 bits per heavy atom. The molecule has 0 radical (unpaired) electrons. The molecule has 1 aliphatic heterocycles. The molecular formula is C20H20F3N5O3. The lowest BCUT2D eigenvalue weighted by Crippen LogP contribution is -2.47. The van der Waals surface area contributed by atoms with Crippen LogP contribution in [0.5, 0.6) is 5.75 Å². The molecule has 2 heterocycles. The maximum absolute atomic E-state index is 12.5. The molecule has 2 amide bonds. The number of rotatable bonds is 5. The van der Waals surface area contributed by atoms with E-state index in [1.165, 1.54) is 17.0 Å². The minimum Gasteiger partial charge on any atom is -0.483 e. The van der Waals surface area contributed by atoms with Crippen LogP contribution in [0.3, 0.4) is 0 Å². The normalized spacial score (nSPS) is 19.1. The van der Waals surface area contributed by atoms with Crippen LogP contribution < -0.4 is 15.8 Å². The van der Waals surface area contributed by atoms with Gasteiger partial charge in [-0.15, -0.1) is 0 Å². The zero-order chi connectivity index (χ0) is 22.8. The number of amides is 2. The zero-order valence-corrected chi connectivity index (χ0v) is 16.7. The summed E-state index contributed by atoms with van der Waals surface area (Å²) in [6, 6.07) is 9.28. The van der Waals surface area contributed by atoms with E-state index in [0.29, 0.717) is 11.3 Å². The van der Waals surface area contributed by atoms with Gasteiger partial charge in [0.05, 0.1) is 18.2 Å². The Morgan fingerprint density at radius 2 is 2.06 bits per heavy atom. The van der Waals surface area contributed by atoms with E-state index in [-0.39, 0.29) is 29.7 Å². The van der Waals surface area contributed by atoms with Gasteiger partial charge in [0.1, 0.15) is 11.4 Å². The highest BCUT2D eigenvalue weighted by atomic mass is 19.4. The van der Waals surface area contributed by atoms with Crippen molar-refractivity contribution >= 4 is 23.5 Å². The lowest BCUT2D eigenvalue weighted by molar-refractivity contribution is -0.153. The van der Waals surface area contributed by atoms with Crippen LogP contribution in [0.15, 0.2) is 47.6 Å². The molecule has 164 valence electrons. The van der Waals surface area contributed by atoms with Gasteiger partial charge in [-0.25, -0.2) is 9.98 Å². The predicted molar refractivity (Wildman–Crippen MR) is 107 cm³/mol. The summed E-state index contributed by atoms with van der Waals surface area (Å²) in [5.74, 6) is -0.745. The van der Waals surface area contributed by atoms with Gasteiger partial charge in [-0.05, 0) is 36.8 Å². The molecule has 11 heteroatoms. The highest BCUT2D eigenvalue weighted by Crippen LogP contribution is 2.34. The Labute approximate surface area is 175 Å². The number of nitrogens with two attached hydrogens (primary N) is 1. The fraction of sp³-hybridized carbons (Fsp3) is 0.300. The largest absolute Gasteiger partial charge is 0.483 e. The predicted octanol–water partition coefficient (Wildman–Crippen LogP) is 2.67. The van der Waals surface area contributed by atoms with E-state index >= 15 is 0 Å². The maximum Gasteiger partial charge on any atom is 0.422 e. The first kappa shape index (κ1) is 22.1. The highest BCUT2D eigenvalue weighted by molar-refractivity contribution is 6.03. The van der Waals surface area contributed by atoms with Crippen LogP contribution in [0.1, 0.15) is 29.4 Å². The summed E-state index contributed by atoms with van der Waals surface area (Å²) in [5.41, 5.74) is 6.06. The van der Waals surface area contributed by atoms with Gasteiger partial charge in [-0.3, -0.25) is 14.5 Å². The van der Waals surface area contributed by atoms with E-state index in [9.17, 15) is 22.8 Å². The SMILES string of the molecule is CN1C(=O)CC(C)(c2cccc(NC(=O)c3ccc(OCC(F)(F)F)cn3)c2)N=C1N. The van der Waals surface area contributed by atoms with Crippen molar-refractivity contribution in [3.05, 3.63) is 53.9 Å². The highest BCUT2D eigenvalue weighted by Gasteiger charge is 2.36. The number of aromatic nitrogens is 1. The third kappa shape index (κ3) is 5.30. The van der Waals surface area contributed by atoms with Crippen LogP contribution in [-0.2, 0) is 10.3 Å². The van der Waals surface area contributed by atoms with Crippen molar-refractivity contribution in [2.75, 3.05) is 19.0 Å². The molecule has 3 N–H and O–H groups in total. The van der Waals surface area contributed by atoms with Crippen molar-refractivity contribution in [1.29, 1.82) is 0 Å². The molecule has 0 bridgehead atoms. The molecule has 1 unspecified atom stereocenters. The van der Waals surface area contributed by atoms with Crippen LogP contribution in [0.25, 0.3) is 0 Å². The first-order valence-corrected chi connectivity index (χ1v) is 9.16. The second kappa shape index (κ2) is 8.25. The fourth-order valence-corrected chi connectivity index (χ4v) is 2.97. The van der Waals surface area contributed by atoms with Crippen molar-refractivity contribution in [3.63, 3.8) is 0 Å². The molecule has 1 atom stereocenters. The third-order valence-corrected chi connectivity index (χ3v) is 4.69. The van der Waals surface area contributed by atoms with Crippen LogP contribution >= 0.6 is 0 Å². The van der Waals surface area contributed by atoms with E-state index in [1.807, 2.05) is 0 Å². The number of halogens is 3. The fourth-order valence-electron chi connectivity index (χ4n) is 2.97. The zero-order valence-electron chi connectivity index (χ0n) is 16.7. The van der Waals surface area contributed by atoms with E-state index in [2.05, 4.69) is 20.0 Å². The second-order valence-corrected chi connectivity index (χ2v) is 7.19. The topological polar surface area (TPSA) is 110 Å². The van der Waals surface area contributed by atoms with E-state index in [4.69, 9.17) is 5.73 Å². The number of anilines is 1. The summed E-state index contributed by atoms with van der Waals surface area (Å²) in [7, 11) is 1.55. The molecule has 0 fully saturated rings. The molecule has 0 saturated carbocycles. The van der Waals surface area contributed by atoms with Crippen LogP contribution in [-0.4, -0.2) is 47.5 Å². The van der Waals surface area contributed by atoms with E-state index in [1.54, 1.807) is 38.2 Å². The molecule has 1 aliphatic rings. The van der Waals surface area contributed by atoms with Crippen LogP contribution in [0.4, 0.5) is 18.9 Å². The summed E-state index contributed by atoms with van der Waals surface area (Å²) in [6.45, 7) is 0.323. The number of carbonyl (C=O) groups excluding carboxylic acids is 2. The van der Waals surface area contributed by atoms with Gasteiger partial charge < -0.3 is 15.8 Å². The smallest absolute Gasteiger partial charge is 0.422 e. The number of aliphatic imine (C=N–C) groups is 1. The summed E-state index contributed by atoms with van der Waals surface area (Å²) in [6.07, 6.45) is -3.31. The average Bonchev–Trinajstić information content (AvgIpc) is 2.70. The number of hydrogen-bond acceptors (Lipinski definition) is 6. The maximum atomic E-state index is 12.5. The summed E-state index contributed by atoms with van der Waals surface area (Å²) < 4.78 is 41.2. The van der Waals surface area contributed by atoms with E-state index < -0.39 is 24.2 Å². The first-order chi connectivity index (χ1) is 14.5. The Kier molecular flexibility index (Phi) is 5.87. The number of alkyl halides is 3. The first-order valence-electron chi connectivity index (χ1n) is 9.16. The number of nitrogens with zero attached hydrogens (tertiary/aromatic N) is 3. The molecule has 8 nitrogen and oxygen atoms in total. The van der Waals surface area contributed by atoms with Gasteiger partial charge in [0.15, 0.2) is 12.6 Å². The number of ether oxygens (including phenoxy) is 1. The molecule has 1 aromatic carbocycles. The van der Waals surface area contributed by atoms with Crippen molar-refractivity contribution in [1.82, 2.24) is 9.88 Å². The minimum absolute atomic E-state index is 0.00675. The molecule has 3 rings (SSSR count). The summed E-state index contributed by atoms with van der Waals surface area (Å²) >= 11 is 0. The summed E-state index contributed by atoms with van der Waals surface area (Å²) in [5, 5.41) is 2.66. The second-order valence-electron chi connectivity index (χ2n) is 7.19. The van der Waals surface area contributed by atoms with Crippen molar-refractivity contribution < 1.29 is 27.5 Å². The molecule has 2 aromatic rings. The van der Waals surface area contributed by atoms with E-state index in [0.717, 1.165) is 6.20 Å². The summed E-state index contributed by atoms with van der Waals surface area (Å²) in [4.78, 5) is 34.2. The molecule has 1 aromatic heterocycles. The van der Waals surface area contributed by atoms with Crippen molar-refractivity contribution in [2.45, 2.75) is 25.1 Å². The quantitative estimate of drug-likeness (QED) is 0.751. The van der Waals surface area contributed by atoms with Crippen molar-refractivity contribution in [2.24, 2.45) is 10.7 Å². The number of hydrogen-bond donors (Lipinski definition) is 2. The number of guanidine groups is 1. The number of nitrogens with one attached hydrogen (secondary N) is 1. The van der Waals surface area contributed by atoms with Crippen molar-refractivity contribution in [3.8, 4) is 5.75 Å². The molecule has 0 aliphatic carbocycles. The molecule has 0 spiro atoms. The molecular weight excluding hydrogens is 415 g/mol. The number of pyridine rings is 1. The number of carbonyl (C=O) groups is 2. The number of benzene rings is 1. The van der Waals surface area contributed by atoms with Gasteiger partial charge in [0.2, 0.25) is 5.91 Å². The lowest BCUT2D eigenvalue weighted by Gasteiger charge is -2.33. The monoisotopic (exact) mass is 435 g/mol. The Morgan fingerprint density at radius 3 is 2.68 bits per heavy atom. The third-order valence-electron chi connectivity index (χ3n) is 4.69. The van der Waals surface area contributed by atoms with Gasteiger partial charge in [0, 0.05) is 12.7 Å². The van der Waals surface area contributed by atoms with Gasteiger partial charge in [-0.1, -0.05) is 12.1 Å². The Hall–Kier alpha value is -3.63. The van der Waals surface area contributed by atoms with Crippen LogP contribution in [0, 0.1) is 0 Å². The van der Waals surface area contributed by atoms with Gasteiger partial charge >= 0.3 is 6.18 Å². The molecule has 0 saturated heterocycles. The van der Waals surface area contributed by atoms with Gasteiger partial charge in [0.25, 0.3) is 5.91 Å². The minimum atomic E-state index is -4.47. The lowest BCUT2D eigenvalue weighted by atomic mass is 9.87. The van der Waals surface area contributed by atoms with Gasteiger partial charge in [-0.2, -0.15) is 13.2 Å². The average molecular weight is 435 g/mol. The standard InChI is InChI=1S/C20H20F3N5O3/c1-19(9-16(29)28(2)18(24)27-19)12-4-3-5-13(8-12)26-17(30)15-7-6-14(10-25-15)31-11-20(21,22)23/h3-8,10H,9,11H2,1-2H3,(H2,24,27)(H,26,30). The molecule has 31 heavy (non-hydrogen) atoms. The van der Waals surface area contributed by atoms with Crippen LogP contribution in [0.2, 0.25) is 0 Å².